The molecule has 0 spiro atoms. The molecule has 0 aliphatic rings. The normalized spacial score (nSPS) is 14.3. The molecule has 0 amide bonds. The highest BCUT2D eigenvalue weighted by Gasteiger charge is 2.06. The van der Waals surface area contributed by atoms with E-state index in [4.69, 9.17) is 5.26 Å². The number of thioether (sulfide) groups is 1. The molecule has 0 aliphatic carbocycles. The summed E-state index contributed by atoms with van der Waals surface area (Å²) in [6.45, 7) is 4.04. The van der Waals surface area contributed by atoms with Crippen LogP contribution in [0.2, 0.25) is 0 Å². The second kappa shape index (κ2) is 5.79. The summed E-state index contributed by atoms with van der Waals surface area (Å²) in [7, 11) is 1.95. The smallest absolute Gasteiger partial charge is 0.0935 e. The van der Waals surface area contributed by atoms with Crippen LogP contribution in [0.5, 0.6) is 0 Å². The predicted molar refractivity (Wildman–Crippen MR) is 64.8 cm³/mol. The third kappa shape index (κ3) is 3.58. The Morgan fingerprint density at radius 2 is 2.13 bits per heavy atom. The fraction of sp³-hybridized carbons (Fsp3) is 0.417. The van der Waals surface area contributed by atoms with Gasteiger partial charge in [-0.3, -0.25) is 0 Å². The summed E-state index contributed by atoms with van der Waals surface area (Å²) in [4.78, 5) is 1.16. The first-order valence-electron chi connectivity index (χ1n) is 5.01. The van der Waals surface area contributed by atoms with Gasteiger partial charge in [0.1, 0.15) is 0 Å². The summed E-state index contributed by atoms with van der Waals surface area (Å²) >= 11 is 1.60. The monoisotopic (exact) mass is 220 g/mol. The lowest BCUT2D eigenvalue weighted by atomic mass is 10.1. The molecule has 1 N–H and O–H groups in total. The quantitative estimate of drug-likeness (QED) is 0.792. The van der Waals surface area contributed by atoms with Gasteiger partial charge in [-0.25, -0.2) is 0 Å². The zero-order valence-electron chi connectivity index (χ0n) is 9.32. The van der Waals surface area contributed by atoms with Crippen molar-refractivity contribution in [2.24, 2.45) is 0 Å². The molecule has 0 aromatic heterocycles. The Hall–Kier alpha value is -0.980. The van der Waals surface area contributed by atoms with Gasteiger partial charge in [0.15, 0.2) is 0 Å². The van der Waals surface area contributed by atoms with Gasteiger partial charge >= 0.3 is 0 Å². The van der Waals surface area contributed by atoms with Gasteiger partial charge in [0.2, 0.25) is 0 Å². The number of nitriles is 1. The molecule has 0 saturated heterocycles. The fourth-order valence-electron chi connectivity index (χ4n) is 1.25. The first-order valence-corrected chi connectivity index (χ1v) is 5.89. The third-order valence-corrected chi connectivity index (χ3v) is 3.27. The lowest BCUT2D eigenvalue weighted by Crippen LogP contribution is -2.12. The van der Waals surface area contributed by atoms with Gasteiger partial charge in [0.05, 0.1) is 11.3 Å². The molecule has 15 heavy (non-hydrogen) atoms. The SMILES string of the molecule is CNC(C)c1cccc(SC(C)C#N)c1. The Morgan fingerprint density at radius 1 is 1.40 bits per heavy atom. The summed E-state index contributed by atoms with van der Waals surface area (Å²) < 4.78 is 0. The molecule has 3 heteroatoms. The molecule has 2 unspecified atom stereocenters. The maximum atomic E-state index is 8.74. The van der Waals surface area contributed by atoms with E-state index in [2.05, 4.69) is 30.4 Å². The van der Waals surface area contributed by atoms with E-state index in [1.807, 2.05) is 26.1 Å². The molecule has 0 heterocycles. The molecular weight excluding hydrogens is 204 g/mol. The minimum atomic E-state index is 0.00476. The lowest BCUT2D eigenvalue weighted by molar-refractivity contribution is 0.651. The van der Waals surface area contributed by atoms with Crippen LogP contribution in [0.25, 0.3) is 0 Å². The van der Waals surface area contributed by atoms with Gasteiger partial charge in [-0.1, -0.05) is 12.1 Å². The van der Waals surface area contributed by atoms with Gasteiger partial charge in [-0.2, -0.15) is 5.26 Å². The first-order chi connectivity index (χ1) is 7.17. The Kier molecular flexibility index (Phi) is 4.67. The Bertz CT molecular complexity index is 357. The van der Waals surface area contributed by atoms with Gasteiger partial charge in [0, 0.05) is 10.9 Å². The van der Waals surface area contributed by atoms with Crippen LogP contribution in [0.3, 0.4) is 0 Å². The van der Waals surface area contributed by atoms with Gasteiger partial charge < -0.3 is 5.32 Å². The van der Waals surface area contributed by atoms with Crippen molar-refractivity contribution in [3.8, 4) is 6.07 Å². The van der Waals surface area contributed by atoms with Crippen LogP contribution in [0.4, 0.5) is 0 Å². The van der Waals surface area contributed by atoms with E-state index >= 15 is 0 Å². The van der Waals surface area contributed by atoms with Crippen LogP contribution in [0, 0.1) is 11.3 Å². The van der Waals surface area contributed by atoms with Gasteiger partial charge in [-0.15, -0.1) is 11.8 Å². The molecule has 2 atom stereocenters. The lowest BCUT2D eigenvalue weighted by Gasteiger charge is -2.12. The van der Waals surface area contributed by atoms with Crippen molar-refractivity contribution in [3.05, 3.63) is 29.8 Å². The number of nitrogens with one attached hydrogen (secondary N) is 1. The second-order valence-corrected chi connectivity index (χ2v) is 4.89. The minimum Gasteiger partial charge on any atom is -0.313 e. The average molecular weight is 220 g/mol. The Balaban J connectivity index is 2.79. The number of hydrogen-bond donors (Lipinski definition) is 1. The highest BCUT2D eigenvalue weighted by atomic mass is 32.2. The van der Waals surface area contributed by atoms with Gasteiger partial charge in [-0.05, 0) is 38.6 Å². The molecule has 0 fully saturated rings. The Morgan fingerprint density at radius 3 is 2.73 bits per heavy atom. The van der Waals surface area contributed by atoms with E-state index in [-0.39, 0.29) is 5.25 Å². The summed E-state index contributed by atoms with van der Waals surface area (Å²) in [5.74, 6) is 0. The molecule has 1 aromatic rings. The topological polar surface area (TPSA) is 35.8 Å². The van der Waals surface area contributed by atoms with Crippen molar-refractivity contribution in [1.82, 2.24) is 5.32 Å². The molecule has 80 valence electrons. The van der Waals surface area contributed by atoms with Crippen molar-refractivity contribution in [3.63, 3.8) is 0 Å². The van der Waals surface area contributed by atoms with E-state index in [0.717, 1.165) is 4.90 Å². The molecule has 0 saturated carbocycles. The Labute approximate surface area is 95.7 Å². The number of nitrogens with zero attached hydrogens (tertiary/aromatic N) is 1. The van der Waals surface area contributed by atoms with Crippen LogP contribution in [-0.4, -0.2) is 12.3 Å². The van der Waals surface area contributed by atoms with Crippen LogP contribution in [-0.2, 0) is 0 Å². The van der Waals surface area contributed by atoms with Crippen LogP contribution < -0.4 is 5.32 Å². The number of hydrogen-bond acceptors (Lipinski definition) is 3. The predicted octanol–water partition coefficient (Wildman–Crippen LogP) is 2.97. The van der Waals surface area contributed by atoms with Crippen LogP contribution in [0.1, 0.15) is 25.5 Å². The minimum absolute atomic E-state index is 0.00476. The highest BCUT2D eigenvalue weighted by Crippen LogP contribution is 2.25. The summed E-state index contributed by atoms with van der Waals surface area (Å²) in [6, 6.07) is 10.9. The maximum Gasteiger partial charge on any atom is 0.0935 e. The molecule has 1 aromatic carbocycles. The van der Waals surface area contributed by atoms with Crippen molar-refractivity contribution in [2.45, 2.75) is 30.0 Å². The summed E-state index contributed by atoms with van der Waals surface area (Å²) in [5.41, 5.74) is 1.26. The molecule has 1 rings (SSSR count). The zero-order valence-corrected chi connectivity index (χ0v) is 10.1. The van der Waals surface area contributed by atoms with Crippen LogP contribution in [0.15, 0.2) is 29.2 Å². The standard InChI is InChI=1S/C12H16N2S/c1-9(8-13)15-12-6-4-5-11(7-12)10(2)14-3/h4-7,9-10,14H,1-3H3. The summed E-state index contributed by atoms with van der Waals surface area (Å²) in [6.07, 6.45) is 0. The van der Waals surface area contributed by atoms with Crippen molar-refractivity contribution in [2.75, 3.05) is 7.05 Å². The van der Waals surface area contributed by atoms with Gasteiger partial charge in [0.25, 0.3) is 0 Å². The van der Waals surface area contributed by atoms with E-state index in [0.29, 0.717) is 6.04 Å². The first kappa shape index (κ1) is 12.1. The fourth-order valence-corrected chi connectivity index (χ4v) is 2.08. The molecule has 0 radical (unpaired) electrons. The maximum absolute atomic E-state index is 8.74. The molecular formula is C12H16N2S. The molecule has 2 nitrogen and oxygen atoms in total. The van der Waals surface area contributed by atoms with Crippen molar-refractivity contribution in [1.29, 1.82) is 5.26 Å². The summed E-state index contributed by atoms with van der Waals surface area (Å²) in [5, 5.41) is 11.9. The zero-order chi connectivity index (χ0) is 11.3. The number of benzene rings is 1. The molecule has 0 bridgehead atoms. The second-order valence-electron chi connectivity index (χ2n) is 3.47. The largest absolute Gasteiger partial charge is 0.313 e. The van der Waals surface area contributed by atoms with Crippen LogP contribution >= 0.6 is 11.8 Å². The van der Waals surface area contributed by atoms with E-state index in [1.54, 1.807) is 11.8 Å². The average Bonchev–Trinajstić information content (AvgIpc) is 2.28. The van der Waals surface area contributed by atoms with Crippen molar-refractivity contribution < 1.29 is 0 Å². The molecule has 0 aliphatic heterocycles. The van der Waals surface area contributed by atoms with E-state index in [9.17, 15) is 0 Å². The van der Waals surface area contributed by atoms with Crippen molar-refractivity contribution >= 4 is 11.8 Å². The number of rotatable bonds is 4. The highest BCUT2D eigenvalue weighted by molar-refractivity contribution is 8.00. The van der Waals surface area contributed by atoms with E-state index < -0.39 is 0 Å². The van der Waals surface area contributed by atoms with E-state index in [1.165, 1.54) is 5.56 Å². The third-order valence-electron chi connectivity index (χ3n) is 2.29.